The highest BCUT2D eigenvalue weighted by Crippen LogP contribution is 2.29. The van der Waals surface area contributed by atoms with Gasteiger partial charge in [-0.3, -0.25) is 0 Å². The van der Waals surface area contributed by atoms with Gasteiger partial charge in [0.25, 0.3) is 0 Å². The zero-order chi connectivity index (χ0) is 14.5. The van der Waals surface area contributed by atoms with Gasteiger partial charge < -0.3 is 15.0 Å². The van der Waals surface area contributed by atoms with Crippen molar-refractivity contribution in [3.8, 4) is 0 Å². The summed E-state index contributed by atoms with van der Waals surface area (Å²) in [7, 11) is 2.07. The van der Waals surface area contributed by atoms with E-state index in [4.69, 9.17) is 16.3 Å². The van der Waals surface area contributed by atoms with E-state index in [0.717, 1.165) is 31.6 Å². The van der Waals surface area contributed by atoms with E-state index in [0.29, 0.717) is 11.6 Å². The van der Waals surface area contributed by atoms with Crippen LogP contribution in [0.1, 0.15) is 24.9 Å². The average Bonchev–Trinajstić information content (AvgIpc) is 2.43. The molecule has 3 nitrogen and oxygen atoms in total. The van der Waals surface area contributed by atoms with Crippen LogP contribution in [-0.4, -0.2) is 44.3 Å². The number of benzene rings is 1. The second-order valence-corrected chi connectivity index (χ2v) is 5.68. The molecule has 112 valence electrons. The van der Waals surface area contributed by atoms with Crippen molar-refractivity contribution in [1.29, 1.82) is 0 Å². The summed E-state index contributed by atoms with van der Waals surface area (Å²) < 4.78 is 19.4. The second-order valence-electron chi connectivity index (χ2n) is 5.27. The molecule has 1 N–H and O–H groups in total. The average molecular weight is 301 g/mol. The topological polar surface area (TPSA) is 24.5 Å². The molecule has 0 radical (unpaired) electrons. The summed E-state index contributed by atoms with van der Waals surface area (Å²) in [4.78, 5) is 2.22. The van der Waals surface area contributed by atoms with E-state index in [2.05, 4.69) is 24.2 Å². The number of likely N-dealkylation sites (N-methyl/N-ethyl adjacent to an activating group) is 1. The maximum atomic E-state index is 13.5. The number of nitrogens with one attached hydrogen (secondary N) is 1. The molecular formula is C15H22ClFN2O. The number of ether oxygens (including phenoxy) is 1. The van der Waals surface area contributed by atoms with Gasteiger partial charge in [-0.1, -0.05) is 18.5 Å². The number of morpholine rings is 1. The molecule has 1 heterocycles. The van der Waals surface area contributed by atoms with Gasteiger partial charge in [-0.15, -0.1) is 0 Å². The van der Waals surface area contributed by atoms with Crippen molar-refractivity contribution in [3.05, 3.63) is 34.6 Å². The number of rotatable bonds is 5. The summed E-state index contributed by atoms with van der Waals surface area (Å²) in [6.07, 6.45) is 0.992. The Morgan fingerprint density at radius 3 is 3.05 bits per heavy atom. The number of hydrogen-bond donors (Lipinski definition) is 1. The third-order valence-corrected chi connectivity index (χ3v) is 3.92. The highest BCUT2D eigenvalue weighted by molar-refractivity contribution is 6.31. The third kappa shape index (κ3) is 3.92. The molecule has 1 aliphatic heterocycles. The SMILES string of the molecule is CCCNC(c1cc(F)ccc1Cl)C1CN(C)CCO1. The minimum atomic E-state index is -0.267. The van der Waals surface area contributed by atoms with Crippen molar-refractivity contribution in [2.24, 2.45) is 0 Å². The van der Waals surface area contributed by atoms with Crippen molar-refractivity contribution in [3.63, 3.8) is 0 Å². The van der Waals surface area contributed by atoms with Crippen molar-refractivity contribution >= 4 is 11.6 Å². The zero-order valence-corrected chi connectivity index (χ0v) is 12.8. The largest absolute Gasteiger partial charge is 0.374 e. The van der Waals surface area contributed by atoms with Crippen LogP contribution in [0, 0.1) is 5.82 Å². The van der Waals surface area contributed by atoms with E-state index in [1.165, 1.54) is 12.1 Å². The molecule has 2 atom stereocenters. The van der Waals surface area contributed by atoms with E-state index in [-0.39, 0.29) is 18.0 Å². The van der Waals surface area contributed by atoms with Crippen molar-refractivity contribution < 1.29 is 9.13 Å². The fraction of sp³-hybridized carbons (Fsp3) is 0.600. The van der Waals surface area contributed by atoms with Crippen LogP contribution in [0.4, 0.5) is 4.39 Å². The van der Waals surface area contributed by atoms with Crippen LogP contribution in [0.3, 0.4) is 0 Å². The molecule has 1 aliphatic rings. The zero-order valence-electron chi connectivity index (χ0n) is 12.0. The first-order valence-electron chi connectivity index (χ1n) is 7.10. The van der Waals surface area contributed by atoms with E-state index in [9.17, 15) is 4.39 Å². The van der Waals surface area contributed by atoms with Gasteiger partial charge in [0.05, 0.1) is 18.8 Å². The summed E-state index contributed by atoms with van der Waals surface area (Å²) in [5.74, 6) is -0.267. The van der Waals surface area contributed by atoms with Gasteiger partial charge in [0.15, 0.2) is 0 Å². The van der Waals surface area contributed by atoms with Crippen molar-refractivity contribution in [1.82, 2.24) is 10.2 Å². The van der Waals surface area contributed by atoms with Crippen LogP contribution in [0.25, 0.3) is 0 Å². The lowest BCUT2D eigenvalue weighted by Crippen LogP contribution is -2.47. The highest BCUT2D eigenvalue weighted by Gasteiger charge is 2.29. The van der Waals surface area contributed by atoms with E-state index < -0.39 is 0 Å². The van der Waals surface area contributed by atoms with Gasteiger partial charge in [-0.2, -0.15) is 0 Å². The van der Waals surface area contributed by atoms with Gasteiger partial charge in [0.1, 0.15) is 5.82 Å². The predicted octanol–water partition coefficient (Wildman–Crippen LogP) is 2.85. The Morgan fingerprint density at radius 1 is 1.55 bits per heavy atom. The molecule has 0 saturated carbocycles. The van der Waals surface area contributed by atoms with Gasteiger partial charge in [-0.05, 0) is 43.8 Å². The van der Waals surface area contributed by atoms with E-state index >= 15 is 0 Å². The molecule has 1 fully saturated rings. The molecule has 0 aromatic heterocycles. The summed E-state index contributed by atoms with van der Waals surface area (Å²) >= 11 is 6.25. The number of nitrogens with zero attached hydrogens (tertiary/aromatic N) is 1. The maximum Gasteiger partial charge on any atom is 0.123 e. The normalized spacial score (nSPS) is 21.9. The molecule has 0 amide bonds. The summed E-state index contributed by atoms with van der Waals surface area (Å²) in [6, 6.07) is 4.42. The van der Waals surface area contributed by atoms with E-state index in [1.807, 2.05) is 0 Å². The van der Waals surface area contributed by atoms with Gasteiger partial charge in [0.2, 0.25) is 0 Å². The molecule has 1 aromatic rings. The molecule has 20 heavy (non-hydrogen) atoms. The maximum absolute atomic E-state index is 13.5. The lowest BCUT2D eigenvalue weighted by atomic mass is 9.99. The molecule has 2 unspecified atom stereocenters. The first-order chi connectivity index (χ1) is 9.61. The predicted molar refractivity (Wildman–Crippen MR) is 79.7 cm³/mol. The van der Waals surface area contributed by atoms with Gasteiger partial charge >= 0.3 is 0 Å². The Bertz CT molecular complexity index is 444. The molecule has 0 bridgehead atoms. The molecule has 2 rings (SSSR count). The Morgan fingerprint density at radius 2 is 2.35 bits per heavy atom. The van der Waals surface area contributed by atoms with Crippen LogP contribution >= 0.6 is 11.6 Å². The second kappa shape index (κ2) is 7.36. The Hall–Kier alpha value is -0.680. The quantitative estimate of drug-likeness (QED) is 0.905. The lowest BCUT2D eigenvalue weighted by Gasteiger charge is -2.36. The minimum Gasteiger partial charge on any atom is -0.374 e. The van der Waals surface area contributed by atoms with Gasteiger partial charge in [0, 0.05) is 18.1 Å². The first-order valence-corrected chi connectivity index (χ1v) is 7.48. The van der Waals surface area contributed by atoms with Crippen LogP contribution in [0.15, 0.2) is 18.2 Å². The van der Waals surface area contributed by atoms with Crippen LogP contribution in [0.5, 0.6) is 0 Å². The fourth-order valence-electron chi connectivity index (χ4n) is 2.51. The molecule has 0 spiro atoms. The number of halogens is 2. The fourth-order valence-corrected chi connectivity index (χ4v) is 2.74. The highest BCUT2D eigenvalue weighted by atomic mass is 35.5. The van der Waals surface area contributed by atoms with Gasteiger partial charge in [-0.25, -0.2) is 4.39 Å². The molecule has 0 aliphatic carbocycles. The van der Waals surface area contributed by atoms with Crippen LogP contribution < -0.4 is 5.32 Å². The lowest BCUT2D eigenvalue weighted by molar-refractivity contribution is -0.0392. The Kier molecular flexibility index (Phi) is 5.78. The monoisotopic (exact) mass is 300 g/mol. The van der Waals surface area contributed by atoms with Crippen LogP contribution in [-0.2, 0) is 4.74 Å². The van der Waals surface area contributed by atoms with Crippen molar-refractivity contribution in [2.45, 2.75) is 25.5 Å². The van der Waals surface area contributed by atoms with E-state index in [1.54, 1.807) is 6.07 Å². The molecule has 1 aromatic carbocycles. The Labute approximate surface area is 125 Å². The summed E-state index contributed by atoms with van der Waals surface area (Å²) in [6.45, 7) is 5.38. The number of hydrogen-bond acceptors (Lipinski definition) is 3. The Balaban J connectivity index is 2.23. The smallest absolute Gasteiger partial charge is 0.123 e. The van der Waals surface area contributed by atoms with Crippen molar-refractivity contribution in [2.75, 3.05) is 33.3 Å². The molecule has 1 saturated heterocycles. The third-order valence-electron chi connectivity index (χ3n) is 3.58. The van der Waals surface area contributed by atoms with Crippen LogP contribution in [0.2, 0.25) is 5.02 Å². The summed E-state index contributed by atoms with van der Waals surface area (Å²) in [5, 5.41) is 4.02. The summed E-state index contributed by atoms with van der Waals surface area (Å²) in [5.41, 5.74) is 0.778. The minimum absolute atomic E-state index is 0.0143. The standard InChI is InChI=1S/C15H22ClFN2O/c1-3-6-18-15(14-10-19(2)7-8-20-14)12-9-11(17)4-5-13(12)16/h4-5,9,14-15,18H,3,6-8,10H2,1-2H3. The first kappa shape index (κ1) is 15.7. The molecular weight excluding hydrogens is 279 g/mol. The molecule has 5 heteroatoms.